The summed E-state index contributed by atoms with van der Waals surface area (Å²) in [6.07, 6.45) is 1.75. The number of nitrogens with zero attached hydrogens (tertiary/aromatic N) is 3. The number of pyridine rings is 1. The third-order valence-corrected chi connectivity index (χ3v) is 4.08. The van der Waals surface area contributed by atoms with E-state index in [1.54, 1.807) is 47.0 Å². The van der Waals surface area contributed by atoms with Gasteiger partial charge in [-0.2, -0.15) is 0 Å². The lowest BCUT2D eigenvalue weighted by Crippen LogP contribution is -2.12. The van der Waals surface area contributed by atoms with Gasteiger partial charge in [0, 0.05) is 17.3 Å². The van der Waals surface area contributed by atoms with Crippen molar-refractivity contribution < 1.29 is 9.18 Å². The number of benzene rings is 2. The Kier molecular flexibility index (Phi) is 3.93. The molecule has 1 N–H and O–H groups in total. The van der Waals surface area contributed by atoms with E-state index >= 15 is 0 Å². The molecular weight excluding hydrogens is 331 g/mol. The van der Waals surface area contributed by atoms with Crippen LogP contribution in [0.15, 0.2) is 66.9 Å². The first-order valence-electron chi connectivity index (χ1n) is 8.09. The topological polar surface area (TPSA) is 59.3 Å². The Hall–Kier alpha value is -3.54. The molecule has 0 fully saturated rings. The van der Waals surface area contributed by atoms with Crippen molar-refractivity contribution in [2.75, 3.05) is 5.32 Å². The Morgan fingerprint density at radius 2 is 1.69 bits per heavy atom. The Morgan fingerprint density at radius 3 is 2.42 bits per heavy atom. The third-order valence-electron chi connectivity index (χ3n) is 4.08. The molecule has 4 aromatic rings. The average Bonchev–Trinajstić information content (AvgIpc) is 3.06. The molecule has 128 valence electrons. The molecule has 0 saturated carbocycles. The van der Waals surface area contributed by atoms with Crippen LogP contribution < -0.4 is 5.32 Å². The van der Waals surface area contributed by atoms with E-state index in [0.29, 0.717) is 22.7 Å². The molecule has 2 aromatic heterocycles. The number of aromatic nitrogens is 3. The second-order valence-electron chi connectivity index (χ2n) is 6.00. The molecule has 26 heavy (non-hydrogen) atoms. The van der Waals surface area contributed by atoms with Crippen molar-refractivity contribution in [3.8, 4) is 11.4 Å². The van der Waals surface area contributed by atoms with E-state index in [1.165, 1.54) is 12.1 Å². The standard InChI is InChI=1S/C20H15FN4O/c1-13-2-4-15(5-3-13)20(26)22-17-10-11-18-23-24-19(25(18)12-17)14-6-8-16(21)9-7-14/h2-12H,1H3,(H,22,26). The molecule has 0 unspecified atom stereocenters. The fourth-order valence-corrected chi connectivity index (χ4v) is 2.67. The largest absolute Gasteiger partial charge is 0.321 e. The van der Waals surface area contributed by atoms with Crippen LogP contribution in [-0.2, 0) is 0 Å². The summed E-state index contributed by atoms with van der Waals surface area (Å²) in [6.45, 7) is 1.97. The van der Waals surface area contributed by atoms with Crippen LogP contribution in [-0.4, -0.2) is 20.5 Å². The van der Waals surface area contributed by atoms with Gasteiger partial charge in [-0.25, -0.2) is 4.39 Å². The second kappa shape index (κ2) is 6.40. The first-order valence-corrected chi connectivity index (χ1v) is 8.09. The molecule has 0 aliphatic carbocycles. The Labute approximate surface area is 149 Å². The molecule has 0 aliphatic heterocycles. The highest BCUT2D eigenvalue weighted by Crippen LogP contribution is 2.21. The van der Waals surface area contributed by atoms with E-state index < -0.39 is 0 Å². The lowest BCUT2D eigenvalue weighted by atomic mass is 10.1. The lowest BCUT2D eigenvalue weighted by molar-refractivity contribution is 0.102. The van der Waals surface area contributed by atoms with Gasteiger partial charge in [0.2, 0.25) is 0 Å². The number of rotatable bonds is 3. The van der Waals surface area contributed by atoms with E-state index in [1.807, 2.05) is 19.1 Å². The van der Waals surface area contributed by atoms with Crippen LogP contribution in [0.4, 0.5) is 10.1 Å². The minimum Gasteiger partial charge on any atom is -0.321 e. The summed E-state index contributed by atoms with van der Waals surface area (Å²) in [5, 5.41) is 11.1. The molecule has 0 aliphatic rings. The summed E-state index contributed by atoms with van der Waals surface area (Å²) in [7, 11) is 0. The first kappa shape index (κ1) is 16.0. The van der Waals surface area contributed by atoms with Crippen LogP contribution >= 0.6 is 0 Å². The number of nitrogens with one attached hydrogen (secondary N) is 1. The van der Waals surface area contributed by atoms with Crippen molar-refractivity contribution >= 4 is 17.2 Å². The van der Waals surface area contributed by atoms with Crippen LogP contribution in [0.2, 0.25) is 0 Å². The van der Waals surface area contributed by atoms with Crippen LogP contribution in [0.25, 0.3) is 17.0 Å². The molecule has 2 aromatic carbocycles. The summed E-state index contributed by atoms with van der Waals surface area (Å²) in [4.78, 5) is 12.4. The van der Waals surface area contributed by atoms with Gasteiger partial charge in [-0.15, -0.1) is 10.2 Å². The zero-order chi connectivity index (χ0) is 18.1. The first-order chi connectivity index (χ1) is 12.6. The van der Waals surface area contributed by atoms with E-state index in [9.17, 15) is 9.18 Å². The summed E-state index contributed by atoms with van der Waals surface area (Å²) in [6, 6.07) is 16.9. The highest BCUT2D eigenvalue weighted by atomic mass is 19.1. The maximum absolute atomic E-state index is 13.1. The fraction of sp³-hybridized carbons (Fsp3) is 0.0500. The highest BCUT2D eigenvalue weighted by molar-refractivity contribution is 6.04. The maximum Gasteiger partial charge on any atom is 0.255 e. The van der Waals surface area contributed by atoms with Gasteiger partial charge in [0.25, 0.3) is 5.91 Å². The van der Waals surface area contributed by atoms with Gasteiger partial charge < -0.3 is 5.32 Å². The summed E-state index contributed by atoms with van der Waals surface area (Å²) in [5.41, 5.74) is 3.67. The van der Waals surface area contributed by atoms with Crippen molar-refractivity contribution in [1.82, 2.24) is 14.6 Å². The van der Waals surface area contributed by atoms with Gasteiger partial charge >= 0.3 is 0 Å². The zero-order valence-electron chi connectivity index (χ0n) is 14.0. The van der Waals surface area contributed by atoms with Crippen molar-refractivity contribution in [3.63, 3.8) is 0 Å². The third kappa shape index (κ3) is 3.04. The van der Waals surface area contributed by atoms with Crippen molar-refractivity contribution in [2.24, 2.45) is 0 Å². The van der Waals surface area contributed by atoms with E-state index in [4.69, 9.17) is 0 Å². The molecule has 0 bridgehead atoms. The summed E-state index contributed by atoms with van der Waals surface area (Å²) < 4.78 is 14.9. The number of anilines is 1. The minimum absolute atomic E-state index is 0.194. The van der Waals surface area contributed by atoms with Gasteiger partial charge in [0.1, 0.15) is 5.82 Å². The molecule has 5 nitrogen and oxygen atoms in total. The smallest absolute Gasteiger partial charge is 0.255 e. The molecule has 0 spiro atoms. The lowest BCUT2D eigenvalue weighted by Gasteiger charge is -2.07. The van der Waals surface area contributed by atoms with Crippen LogP contribution in [0, 0.1) is 12.7 Å². The Morgan fingerprint density at radius 1 is 0.962 bits per heavy atom. The molecule has 0 radical (unpaired) electrons. The maximum atomic E-state index is 13.1. The van der Waals surface area contributed by atoms with Crippen molar-refractivity contribution in [1.29, 1.82) is 0 Å². The zero-order valence-corrected chi connectivity index (χ0v) is 14.0. The molecular formula is C20H15FN4O. The number of carbonyl (C=O) groups is 1. The average molecular weight is 346 g/mol. The number of hydrogen-bond acceptors (Lipinski definition) is 3. The number of aryl methyl sites for hydroxylation is 1. The molecule has 4 rings (SSSR count). The summed E-state index contributed by atoms with van der Waals surface area (Å²) in [5.74, 6) is 0.0702. The molecule has 0 saturated heterocycles. The normalized spacial score (nSPS) is 10.8. The SMILES string of the molecule is Cc1ccc(C(=O)Nc2ccc3nnc(-c4ccc(F)cc4)n3c2)cc1. The van der Waals surface area contributed by atoms with Gasteiger partial charge in [-0.1, -0.05) is 17.7 Å². The second-order valence-corrected chi connectivity index (χ2v) is 6.00. The predicted octanol–water partition coefficient (Wildman–Crippen LogP) is 4.10. The summed E-state index contributed by atoms with van der Waals surface area (Å²) >= 11 is 0. The van der Waals surface area contributed by atoms with Crippen LogP contribution in [0.1, 0.15) is 15.9 Å². The Bertz CT molecular complexity index is 1090. The predicted molar refractivity (Wildman–Crippen MR) is 97.5 cm³/mol. The van der Waals surface area contributed by atoms with E-state index in [2.05, 4.69) is 15.5 Å². The van der Waals surface area contributed by atoms with Gasteiger partial charge in [0.15, 0.2) is 11.5 Å². The van der Waals surface area contributed by atoms with Crippen LogP contribution in [0.3, 0.4) is 0 Å². The molecule has 0 atom stereocenters. The molecule has 1 amide bonds. The van der Waals surface area contributed by atoms with Gasteiger partial charge in [-0.05, 0) is 55.5 Å². The quantitative estimate of drug-likeness (QED) is 0.608. The number of carbonyl (C=O) groups excluding carboxylic acids is 1. The molecule has 6 heteroatoms. The highest BCUT2D eigenvalue weighted by Gasteiger charge is 2.11. The number of fused-ring (bicyclic) bond motifs is 1. The van der Waals surface area contributed by atoms with Crippen molar-refractivity contribution in [3.05, 3.63) is 83.8 Å². The van der Waals surface area contributed by atoms with Gasteiger partial charge in [-0.3, -0.25) is 9.20 Å². The Balaban J connectivity index is 1.66. The minimum atomic E-state index is -0.311. The monoisotopic (exact) mass is 346 g/mol. The fourth-order valence-electron chi connectivity index (χ4n) is 2.67. The van der Waals surface area contributed by atoms with Gasteiger partial charge in [0.05, 0.1) is 5.69 Å². The number of hydrogen-bond donors (Lipinski definition) is 1. The molecule has 2 heterocycles. The number of amides is 1. The van der Waals surface area contributed by atoms with E-state index in [-0.39, 0.29) is 11.7 Å². The number of halogens is 1. The van der Waals surface area contributed by atoms with Crippen LogP contribution in [0.5, 0.6) is 0 Å². The van der Waals surface area contributed by atoms with E-state index in [0.717, 1.165) is 11.1 Å². The van der Waals surface area contributed by atoms with Crippen molar-refractivity contribution in [2.45, 2.75) is 6.92 Å².